The molecule has 1 N–H and O–H groups in total. The van der Waals surface area contributed by atoms with Crippen LogP contribution in [-0.2, 0) is 9.53 Å². The van der Waals surface area contributed by atoms with Gasteiger partial charge in [0.25, 0.3) is 5.91 Å². The number of likely N-dealkylation sites (N-methyl/N-ethyl adjacent to an activating group) is 1. The summed E-state index contributed by atoms with van der Waals surface area (Å²) in [5, 5.41) is 4.75. The van der Waals surface area contributed by atoms with Gasteiger partial charge in [0.2, 0.25) is 0 Å². The fraction of sp³-hybridized carbons (Fsp3) is 0.448. The first kappa shape index (κ1) is 24.5. The molecule has 2 aliphatic rings. The SMILES string of the molecule is CN(C)CCNc1c(-c2ccc(OC3CCN(C(=O)[C@H]4CCCO4)CC3)cc2)ccc2cccnc12. The molecular weight excluding hydrogens is 452 g/mol. The number of rotatable bonds is 8. The number of likely N-dealkylation sites (tertiary alicyclic amines) is 1. The highest BCUT2D eigenvalue weighted by Crippen LogP contribution is 2.35. The summed E-state index contributed by atoms with van der Waals surface area (Å²) < 4.78 is 11.9. The standard InChI is InChI=1S/C29H36N4O3/c1-32(2)19-16-31-28-25(12-9-22-5-3-15-30-27(22)28)21-7-10-23(11-8-21)36-24-13-17-33(18-14-24)29(34)26-6-4-20-35-26/h3,5,7-12,15,24,26,31H,4,6,13-14,16-20H2,1-2H3/t26-/m1/s1. The van der Waals surface area contributed by atoms with Crippen LogP contribution in [0.2, 0.25) is 0 Å². The molecule has 0 saturated carbocycles. The van der Waals surface area contributed by atoms with Crippen LogP contribution < -0.4 is 10.1 Å². The van der Waals surface area contributed by atoms with Gasteiger partial charge in [-0.05, 0) is 50.7 Å². The first-order valence-electron chi connectivity index (χ1n) is 13.0. The Balaban J connectivity index is 1.25. The topological polar surface area (TPSA) is 66.9 Å². The number of nitrogens with one attached hydrogen (secondary N) is 1. The highest BCUT2D eigenvalue weighted by molar-refractivity contribution is 5.99. The summed E-state index contributed by atoms with van der Waals surface area (Å²) in [6, 6.07) is 16.7. The highest BCUT2D eigenvalue weighted by Gasteiger charge is 2.31. The van der Waals surface area contributed by atoms with E-state index in [2.05, 4.69) is 59.6 Å². The van der Waals surface area contributed by atoms with Crippen molar-refractivity contribution in [3.63, 3.8) is 0 Å². The van der Waals surface area contributed by atoms with Crippen molar-refractivity contribution in [3.8, 4) is 16.9 Å². The minimum atomic E-state index is -0.234. The van der Waals surface area contributed by atoms with Crippen LogP contribution in [0.15, 0.2) is 54.7 Å². The number of anilines is 1. The monoisotopic (exact) mass is 488 g/mol. The molecule has 2 saturated heterocycles. The Morgan fingerprint density at radius 3 is 2.64 bits per heavy atom. The lowest BCUT2D eigenvalue weighted by atomic mass is 10.0. The van der Waals surface area contributed by atoms with Crippen molar-refractivity contribution >= 4 is 22.5 Å². The molecule has 3 aromatic rings. The Hall–Kier alpha value is -3.16. The van der Waals surface area contributed by atoms with E-state index in [9.17, 15) is 4.79 Å². The van der Waals surface area contributed by atoms with E-state index < -0.39 is 0 Å². The third kappa shape index (κ3) is 5.63. The summed E-state index contributed by atoms with van der Waals surface area (Å²) in [5.74, 6) is 1.01. The molecule has 0 unspecified atom stereocenters. The van der Waals surface area contributed by atoms with Crippen LogP contribution in [-0.4, -0.2) is 79.8 Å². The Kier molecular flexibility index (Phi) is 7.68. The smallest absolute Gasteiger partial charge is 0.251 e. The fourth-order valence-corrected chi connectivity index (χ4v) is 5.04. The predicted molar refractivity (Wildman–Crippen MR) is 143 cm³/mol. The number of aromatic nitrogens is 1. The van der Waals surface area contributed by atoms with Gasteiger partial charge < -0.3 is 24.6 Å². The van der Waals surface area contributed by atoms with Gasteiger partial charge in [0.05, 0.1) is 11.2 Å². The van der Waals surface area contributed by atoms with Gasteiger partial charge >= 0.3 is 0 Å². The van der Waals surface area contributed by atoms with Crippen molar-refractivity contribution in [2.45, 2.75) is 37.9 Å². The maximum absolute atomic E-state index is 12.6. The number of benzene rings is 2. The quantitative estimate of drug-likeness (QED) is 0.506. The van der Waals surface area contributed by atoms with Gasteiger partial charge in [0, 0.05) is 62.8 Å². The summed E-state index contributed by atoms with van der Waals surface area (Å²) in [5.41, 5.74) is 4.30. The third-order valence-electron chi connectivity index (χ3n) is 7.06. The van der Waals surface area contributed by atoms with Crippen molar-refractivity contribution in [2.75, 3.05) is 52.2 Å². The van der Waals surface area contributed by atoms with Gasteiger partial charge in [0.1, 0.15) is 18.0 Å². The highest BCUT2D eigenvalue weighted by atomic mass is 16.5. The van der Waals surface area contributed by atoms with Crippen molar-refractivity contribution in [2.24, 2.45) is 0 Å². The molecule has 1 atom stereocenters. The normalized spacial score (nSPS) is 18.6. The molecule has 3 heterocycles. The summed E-state index contributed by atoms with van der Waals surface area (Å²) in [4.78, 5) is 21.4. The number of hydrogen-bond donors (Lipinski definition) is 1. The van der Waals surface area contributed by atoms with Crippen molar-refractivity contribution in [1.29, 1.82) is 0 Å². The lowest BCUT2D eigenvalue weighted by Crippen LogP contribution is -2.45. The first-order valence-corrected chi connectivity index (χ1v) is 13.0. The van der Waals surface area contributed by atoms with Crippen LogP contribution >= 0.6 is 0 Å². The Labute approximate surface area is 213 Å². The molecular formula is C29H36N4O3. The minimum absolute atomic E-state index is 0.123. The number of carbonyl (C=O) groups is 1. The van der Waals surface area contributed by atoms with Gasteiger partial charge in [-0.1, -0.05) is 30.3 Å². The number of carbonyl (C=O) groups excluding carboxylic acids is 1. The molecule has 190 valence electrons. The lowest BCUT2D eigenvalue weighted by molar-refractivity contribution is -0.142. The molecule has 2 aromatic carbocycles. The Bertz CT molecular complexity index is 1170. The van der Waals surface area contributed by atoms with Crippen LogP contribution in [0.4, 0.5) is 5.69 Å². The van der Waals surface area contributed by atoms with Crippen molar-refractivity contribution in [3.05, 3.63) is 54.7 Å². The predicted octanol–water partition coefficient (Wildman–Crippen LogP) is 4.42. The van der Waals surface area contributed by atoms with E-state index in [0.717, 1.165) is 85.3 Å². The molecule has 2 fully saturated rings. The van der Waals surface area contributed by atoms with E-state index >= 15 is 0 Å². The second-order valence-corrected chi connectivity index (χ2v) is 9.96. The van der Waals surface area contributed by atoms with Crippen molar-refractivity contribution < 1.29 is 14.3 Å². The molecule has 7 nitrogen and oxygen atoms in total. The van der Waals surface area contributed by atoms with Gasteiger partial charge in [-0.15, -0.1) is 0 Å². The van der Waals surface area contributed by atoms with E-state index in [1.165, 1.54) is 0 Å². The molecule has 1 amide bonds. The number of ether oxygens (including phenoxy) is 2. The van der Waals surface area contributed by atoms with E-state index in [1.54, 1.807) is 0 Å². The summed E-state index contributed by atoms with van der Waals surface area (Å²) >= 11 is 0. The van der Waals surface area contributed by atoms with Gasteiger partial charge in [-0.3, -0.25) is 9.78 Å². The zero-order chi connectivity index (χ0) is 24.9. The van der Waals surface area contributed by atoms with E-state index in [1.807, 2.05) is 29.3 Å². The lowest BCUT2D eigenvalue weighted by Gasteiger charge is -2.33. The van der Waals surface area contributed by atoms with Crippen LogP contribution in [0.3, 0.4) is 0 Å². The summed E-state index contributed by atoms with van der Waals surface area (Å²) in [6.45, 7) is 3.94. The first-order chi connectivity index (χ1) is 17.6. The second-order valence-electron chi connectivity index (χ2n) is 9.96. The van der Waals surface area contributed by atoms with Gasteiger partial charge in [-0.2, -0.15) is 0 Å². The maximum atomic E-state index is 12.6. The van der Waals surface area contributed by atoms with Gasteiger partial charge in [-0.25, -0.2) is 0 Å². The van der Waals surface area contributed by atoms with Crippen molar-refractivity contribution in [1.82, 2.24) is 14.8 Å². The number of nitrogens with zero attached hydrogens (tertiary/aromatic N) is 3. The molecule has 7 heteroatoms. The molecule has 0 radical (unpaired) electrons. The number of amides is 1. The average molecular weight is 489 g/mol. The van der Waals surface area contributed by atoms with E-state index in [0.29, 0.717) is 6.61 Å². The Morgan fingerprint density at radius 2 is 1.92 bits per heavy atom. The third-order valence-corrected chi connectivity index (χ3v) is 7.06. The van der Waals surface area contributed by atoms with Crippen LogP contribution in [0.5, 0.6) is 5.75 Å². The molecule has 36 heavy (non-hydrogen) atoms. The van der Waals surface area contributed by atoms with Crippen LogP contribution in [0.1, 0.15) is 25.7 Å². The van der Waals surface area contributed by atoms with Crippen LogP contribution in [0.25, 0.3) is 22.0 Å². The van der Waals surface area contributed by atoms with Gasteiger partial charge in [0.15, 0.2) is 0 Å². The molecule has 2 aliphatic heterocycles. The molecule has 1 aromatic heterocycles. The number of hydrogen-bond acceptors (Lipinski definition) is 6. The van der Waals surface area contributed by atoms with E-state index in [4.69, 9.17) is 9.47 Å². The molecule has 5 rings (SSSR count). The molecule has 0 spiro atoms. The Morgan fingerprint density at radius 1 is 1.11 bits per heavy atom. The largest absolute Gasteiger partial charge is 0.490 e. The van der Waals surface area contributed by atoms with E-state index in [-0.39, 0.29) is 18.1 Å². The zero-order valence-corrected chi connectivity index (χ0v) is 21.3. The summed E-state index contributed by atoms with van der Waals surface area (Å²) in [7, 11) is 4.16. The minimum Gasteiger partial charge on any atom is -0.490 e. The zero-order valence-electron chi connectivity index (χ0n) is 21.3. The average Bonchev–Trinajstić information content (AvgIpc) is 3.44. The number of pyridine rings is 1. The number of piperidine rings is 1. The fourth-order valence-electron chi connectivity index (χ4n) is 5.04. The number of fused-ring (bicyclic) bond motifs is 1. The molecule has 0 aliphatic carbocycles. The second kappa shape index (κ2) is 11.3. The maximum Gasteiger partial charge on any atom is 0.251 e. The molecule has 0 bridgehead atoms. The van der Waals surface area contributed by atoms with Crippen LogP contribution in [0, 0.1) is 0 Å². The summed E-state index contributed by atoms with van der Waals surface area (Å²) in [6.07, 6.45) is 5.25.